The van der Waals surface area contributed by atoms with Gasteiger partial charge in [-0.05, 0) is 19.8 Å². The monoisotopic (exact) mass is 178 g/mol. The van der Waals surface area contributed by atoms with Crippen molar-refractivity contribution in [1.29, 1.82) is 10.5 Å². The van der Waals surface area contributed by atoms with E-state index in [1.165, 1.54) is 0 Å². The Labute approximate surface area is 76.7 Å². The summed E-state index contributed by atoms with van der Waals surface area (Å²) in [6.07, 6.45) is 1.41. The van der Waals surface area contributed by atoms with Crippen molar-refractivity contribution in [3.63, 3.8) is 0 Å². The Balaban J connectivity index is 2.78. The minimum absolute atomic E-state index is 0.407. The standard InChI is InChI=1S/C9H10N2O2/c1-9(3-2-4-13-9)8(12)7(5-10)6-11/h7H,2-4H2,1H3. The van der Waals surface area contributed by atoms with Crippen LogP contribution in [0, 0.1) is 28.6 Å². The lowest BCUT2D eigenvalue weighted by molar-refractivity contribution is -0.138. The van der Waals surface area contributed by atoms with E-state index in [-0.39, 0.29) is 0 Å². The number of carbonyl (C=O) groups excluding carboxylic acids is 1. The fourth-order valence-corrected chi connectivity index (χ4v) is 1.42. The third kappa shape index (κ3) is 1.68. The van der Waals surface area contributed by atoms with Crippen LogP contribution in [0.3, 0.4) is 0 Å². The van der Waals surface area contributed by atoms with E-state index in [9.17, 15) is 4.79 Å². The highest BCUT2D eigenvalue weighted by Gasteiger charge is 2.41. The zero-order valence-corrected chi connectivity index (χ0v) is 7.41. The summed E-state index contributed by atoms with van der Waals surface area (Å²) in [6.45, 7) is 2.18. The van der Waals surface area contributed by atoms with E-state index in [4.69, 9.17) is 15.3 Å². The second-order valence-electron chi connectivity index (χ2n) is 3.24. The van der Waals surface area contributed by atoms with Gasteiger partial charge in [0.25, 0.3) is 0 Å². The maximum Gasteiger partial charge on any atom is 0.195 e. The third-order valence-corrected chi connectivity index (χ3v) is 2.26. The number of hydrogen-bond acceptors (Lipinski definition) is 4. The molecule has 1 saturated heterocycles. The van der Waals surface area contributed by atoms with Crippen LogP contribution in [0.4, 0.5) is 0 Å². The van der Waals surface area contributed by atoms with Crippen molar-refractivity contribution < 1.29 is 9.53 Å². The summed E-state index contributed by atoms with van der Waals surface area (Å²) >= 11 is 0. The van der Waals surface area contributed by atoms with Gasteiger partial charge in [-0.2, -0.15) is 10.5 Å². The average molecular weight is 178 g/mol. The molecule has 0 aromatic heterocycles. The van der Waals surface area contributed by atoms with E-state index in [0.717, 1.165) is 6.42 Å². The fraction of sp³-hybridized carbons (Fsp3) is 0.667. The number of nitriles is 2. The molecule has 0 amide bonds. The van der Waals surface area contributed by atoms with Crippen LogP contribution >= 0.6 is 0 Å². The van der Waals surface area contributed by atoms with Crippen LogP contribution in [0.25, 0.3) is 0 Å². The first-order valence-corrected chi connectivity index (χ1v) is 4.11. The maximum atomic E-state index is 11.6. The Bertz CT molecular complexity index is 278. The summed E-state index contributed by atoms with van der Waals surface area (Å²) in [7, 11) is 0. The third-order valence-electron chi connectivity index (χ3n) is 2.26. The van der Waals surface area contributed by atoms with E-state index in [2.05, 4.69) is 0 Å². The van der Waals surface area contributed by atoms with Gasteiger partial charge >= 0.3 is 0 Å². The predicted octanol–water partition coefficient (Wildman–Crippen LogP) is 0.788. The normalized spacial score (nSPS) is 26.8. The van der Waals surface area contributed by atoms with Gasteiger partial charge in [-0.1, -0.05) is 0 Å². The van der Waals surface area contributed by atoms with E-state index in [1.807, 2.05) is 0 Å². The fourth-order valence-electron chi connectivity index (χ4n) is 1.42. The Hall–Kier alpha value is -1.39. The number of rotatable bonds is 2. The van der Waals surface area contributed by atoms with Crippen LogP contribution in [0.15, 0.2) is 0 Å². The van der Waals surface area contributed by atoms with Crippen molar-refractivity contribution in [2.24, 2.45) is 5.92 Å². The van der Waals surface area contributed by atoms with Crippen molar-refractivity contribution >= 4 is 5.78 Å². The quantitative estimate of drug-likeness (QED) is 0.626. The number of nitrogens with zero attached hydrogens (tertiary/aromatic N) is 2. The van der Waals surface area contributed by atoms with E-state index < -0.39 is 17.3 Å². The van der Waals surface area contributed by atoms with Crippen LogP contribution < -0.4 is 0 Å². The number of Topliss-reactive ketones (excluding diaryl/α,β-unsaturated/α-hetero) is 1. The molecule has 0 radical (unpaired) electrons. The lowest BCUT2D eigenvalue weighted by Gasteiger charge is -2.21. The maximum absolute atomic E-state index is 11.6. The summed E-state index contributed by atoms with van der Waals surface area (Å²) < 4.78 is 5.24. The Morgan fingerprint density at radius 1 is 1.54 bits per heavy atom. The molecule has 0 bridgehead atoms. The summed E-state index contributed by atoms with van der Waals surface area (Å²) in [5.41, 5.74) is -0.907. The van der Waals surface area contributed by atoms with Gasteiger partial charge in [0.2, 0.25) is 0 Å². The van der Waals surface area contributed by atoms with E-state index >= 15 is 0 Å². The molecule has 68 valence electrons. The Kier molecular flexibility index (Phi) is 2.65. The summed E-state index contributed by atoms with van der Waals surface area (Å²) in [5.74, 6) is -1.60. The molecular formula is C9H10N2O2. The van der Waals surface area contributed by atoms with E-state index in [0.29, 0.717) is 13.0 Å². The molecule has 1 heterocycles. The first kappa shape index (κ1) is 9.70. The number of ether oxygens (including phenoxy) is 1. The van der Waals surface area contributed by atoms with Crippen LogP contribution in [0.2, 0.25) is 0 Å². The van der Waals surface area contributed by atoms with Crippen molar-refractivity contribution in [1.82, 2.24) is 0 Å². The Morgan fingerprint density at radius 3 is 2.54 bits per heavy atom. The molecule has 0 aromatic carbocycles. The SMILES string of the molecule is CC1(C(=O)C(C#N)C#N)CCCO1. The summed E-state index contributed by atoms with van der Waals surface area (Å²) in [4.78, 5) is 11.6. The molecule has 4 nitrogen and oxygen atoms in total. The Morgan fingerprint density at radius 2 is 2.15 bits per heavy atom. The molecule has 1 fully saturated rings. The molecule has 13 heavy (non-hydrogen) atoms. The van der Waals surface area contributed by atoms with Gasteiger partial charge in [0.15, 0.2) is 11.7 Å². The number of hydrogen-bond donors (Lipinski definition) is 0. The molecule has 1 rings (SSSR count). The van der Waals surface area contributed by atoms with Crippen molar-refractivity contribution in [3.05, 3.63) is 0 Å². The molecular weight excluding hydrogens is 168 g/mol. The molecule has 1 aliphatic rings. The first-order valence-electron chi connectivity index (χ1n) is 4.11. The van der Waals surface area contributed by atoms with Gasteiger partial charge in [0.05, 0.1) is 12.1 Å². The summed E-state index contributed by atoms with van der Waals surface area (Å²) in [5, 5.41) is 17.0. The smallest absolute Gasteiger partial charge is 0.195 e. The van der Waals surface area contributed by atoms with Crippen LogP contribution in [-0.2, 0) is 9.53 Å². The van der Waals surface area contributed by atoms with Crippen LogP contribution in [-0.4, -0.2) is 18.0 Å². The van der Waals surface area contributed by atoms with Gasteiger partial charge in [0, 0.05) is 6.61 Å². The topological polar surface area (TPSA) is 73.9 Å². The highest BCUT2D eigenvalue weighted by molar-refractivity contribution is 5.93. The average Bonchev–Trinajstić information content (AvgIpc) is 2.55. The van der Waals surface area contributed by atoms with Gasteiger partial charge in [-0.15, -0.1) is 0 Å². The predicted molar refractivity (Wildman–Crippen MR) is 43.3 cm³/mol. The second-order valence-corrected chi connectivity index (χ2v) is 3.24. The van der Waals surface area contributed by atoms with Crippen molar-refractivity contribution in [3.8, 4) is 12.1 Å². The van der Waals surface area contributed by atoms with Gasteiger partial charge in [-0.3, -0.25) is 4.79 Å². The van der Waals surface area contributed by atoms with Gasteiger partial charge in [-0.25, -0.2) is 0 Å². The number of carbonyl (C=O) groups is 1. The summed E-state index contributed by atoms with van der Waals surface area (Å²) in [6, 6.07) is 3.33. The molecule has 0 spiro atoms. The zero-order chi connectivity index (χ0) is 9.90. The zero-order valence-electron chi connectivity index (χ0n) is 7.41. The van der Waals surface area contributed by atoms with Crippen molar-refractivity contribution in [2.75, 3.05) is 6.61 Å². The molecule has 0 aliphatic carbocycles. The van der Waals surface area contributed by atoms with Crippen LogP contribution in [0.1, 0.15) is 19.8 Å². The molecule has 1 atom stereocenters. The lowest BCUT2D eigenvalue weighted by Crippen LogP contribution is -2.38. The first-order chi connectivity index (χ1) is 6.14. The molecule has 0 aromatic rings. The van der Waals surface area contributed by atoms with Crippen LogP contribution in [0.5, 0.6) is 0 Å². The minimum atomic E-state index is -1.19. The molecule has 1 aliphatic heterocycles. The largest absolute Gasteiger partial charge is 0.367 e. The second kappa shape index (κ2) is 3.55. The minimum Gasteiger partial charge on any atom is -0.367 e. The molecule has 0 N–H and O–H groups in total. The van der Waals surface area contributed by atoms with Crippen molar-refractivity contribution in [2.45, 2.75) is 25.4 Å². The van der Waals surface area contributed by atoms with E-state index in [1.54, 1.807) is 19.1 Å². The molecule has 1 unspecified atom stereocenters. The molecule has 4 heteroatoms. The van der Waals surface area contributed by atoms with Gasteiger partial charge in [0.1, 0.15) is 5.60 Å². The highest BCUT2D eigenvalue weighted by atomic mass is 16.5. The number of ketones is 1. The molecule has 0 saturated carbocycles. The highest BCUT2D eigenvalue weighted by Crippen LogP contribution is 2.28. The van der Waals surface area contributed by atoms with Gasteiger partial charge < -0.3 is 4.74 Å². The lowest BCUT2D eigenvalue weighted by atomic mass is 9.89.